The minimum Gasteiger partial charge on any atom is -0.475 e. The van der Waals surface area contributed by atoms with Gasteiger partial charge in [0, 0.05) is 36.8 Å². The van der Waals surface area contributed by atoms with Gasteiger partial charge in [-0.2, -0.15) is 4.98 Å². The molecule has 2 aliphatic heterocycles. The number of piperazine rings is 1. The van der Waals surface area contributed by atoms with Crippen molar-refractivity contribution in [3.63, 3.8) is 0 Å². The molecule has 1 saturated heterocycles. The number of nitrogens with zero attached hydrogens (tertiary/aromatic N) is 4. The summed E-state index contributed by atoms with van der Waals surface area (Å²) in [6.45, 7) is 6.03. The number of anilines is 1. The highest BCUT2D eigenvalue weighted by molar-refractivity contribution is 7.92. The number of hydrogen-bond acceptors (Lipinski definition) is 7. The molecule has 35 heavy (non-hydrogen) atoms. The van der Waals surface area contributed by atoms with E-state index >= 15 is 0 Å². The van der Waals surface area contributed by atoms with Gasteiger partial charge in [-0.05, 0) is 50.2 Å². The van der Waals surface area contributed by atoms with Gasteiger partial charge in [0.1, 0.15) is 6.61 Å². The van der Waals surface area contributed by atoms with E-state index in [1.165, 1.54) is 12.1 Å². The normalized spacial score (nSPS) is 19.9. The summed E-state index contributed by atoms with van der Waals surface area (Å²) < 4.78 is 35.0. The van der Waals surface area contributed by atoms with Crippen LogP contribution in [0.4, 0.5) is 5.95 Å². The Morgan fingerprint density at radius 2 is 1.77 bits per heavy atom. The molecule has 10 heteroatoms. The molecule has 9 nitrogen and oxygen atoms in total. The molecular formula is C25H27N5O4S. The zero-order chi connectivity index (χ0) is 24.7. The van der Waals surface area contributed by atoms with Crippen molar-refractivity contribution < 1.29 is 17.9 Å². The standard InChI is InChI=1S/C25H27N5O4S/c1-16-6-4-7-17(2)23(16)21-13-22-27-25(26-21)28-35(32,33)20-9-5-8-18(12-20)24(31)30-11-10-29(3)14-19(30)15-34-22/h4-9,12-13,19H,10-11,14-15H2,1-3H3,(H,26,27,28). The summed E-state index contributed by atoms with van der Waals surface area (Å²) in [5, 5.41) is 0. The smallest absolute Gasteiger partial charge is 0.264 e. The lowest BCUT2D eigenvalue weighted by Crippen LogP contribution is -2.56. The average Bonchev–Trinajstić information content (AvgIpc) is 2.82. The maximum Gasteiger partial charge on any atom is 0.264 e. The number of nitrogens with one attached hydrogen (secondary N) is 1. The Hall–Kier alpha value is -3.50. The molecule has 3 heterocycles. The second-order valence-corrected chi connectivity index (χ2v) is 10.7. The molecule has 0 radical (unpaired) electrons. The van der Waals surface area contributed by atoms with Gasteiger partial charge in [0.25, 0.3) is 15.9 Å². The van der Waals surface area contributed by atoms with Crippen LogP contribution in [-0.4, -0.2) is 73.4 Å². The number of rotatable bonds is 1. The summed E-state index contributed by atoms with van der Waals surface area (Å²) in [5.41, 5.74) is 3.76. The van der Waals surface area contributed by atoms with E-state index in [1.54, 1.807) is 23.1 Å². The summed E-state index contributed by atoms with van der Waals surface area (Å²) >= 11 is 0. The first kappa shape index (κ1) is 23.3. The minimum atomic E-state index is -4.05. The van der Waals surface area contributed by atoms with Gasteiger partial charge in [0.05, 0.1) is 16.6 Å². The van der Waals surface area contributed by atoms with Crippen LogP contribution in [0, 0.1) is 13.8 Å². The van der Waals surface area contributed by atoms with Gasteiger partial charge in [-0.1, -0.05) is 24.3 Å². The molecule has 3 aromatic rings. The second-order valence-electron chi connectivity index (χ2n) is 9.04. The van der Waals surface area contributed by atoms with Crippen molar-refractivity contribution in [3.05, 3.63) is 65.2 Å². The van der Waals surface area contributed by atoms with Crippen LogP contribution in [0.2, 0.25) is 0 Å². The Balaban J connectivity index is 1.66. The van der Waals surface area contributed by atoms with Crippen LogP contribution in [0.1, 0.15) is 21.5 Å². The number of carbonyl (C=O) groups is 1. The Morgan fingerprint density at radius 1 is 1.03 bits per heavy atom. The van der Waals surface area contributed by atoms with Crippen molar-refractivity contribution in [2.45, 2.75) is 24.8 Å². The number of ether oxygens (including phenoxy) is 1. The Bertz CT molecular complexity index is 1390. The van der Waals surface area contributed by atoms with Crippen molar-refractivity contribution in [2.75, 3.05) is 38.0 Å². The van der Waals surface area contributed by atoms with E-state index in [9.17, 15) is 13.2 Å². The van der Waals surface area contributed by atoms with Crippen molar-refractivity contribution >= 4 is 21.9 Å². The fourth-order valence-corrected chi connectivity index (χ4v) is 5.62. The van der Waals surface area contributed by atoms with E-state index < -0.39 is 10.0 Å². The van der Waals surface area contributed by atoms with Crippen LogP contribution in [-0.2, 0) is 10.0 Å². The molecule has 2 aliphatic rings. The number of sulfonamides is 1. The lowest BCUT2D eigenvalue weighted by molar-refractivity contribution is 0.0383. The highest BCUT2D eigenvalue weighted by atomic mass is 32.2. The van der Waals surface area contributed by atoms with Crippen LogP contribution in [0.15, 0.2) is 53.4 Å². The van der Waals surface area contributed by atoms with Gasteiger partial charge >= 0.3 is 0 Å². The van der Waals surface area contributed by atoms with Crippen LogP contribution >= 0.6 is 0 Å². The molecule has 1 atom stereocenters. The third-order valence-corrected chi connectivity index (χ3v) is 7.75. The maximum atomic E-state index is 13.4. The molecule has 182 valence electrons. The largest absolute Gasteiger partial charge is 0.475 e. The van der Waals surface area contributed by atoms with Gasteiger partial charge in [0.2, 0.25) is 11.8 Å². The lowest BCUT2D eigenvalue weighted by Gasteiger charge is -2.39. The number of hydrogen-bond donors (Lipinski definition) is 1. The first-order valence-electron chi connectivity index (χ1n) is 11.4. The second kappa shape index (κ2) is 8.94. The van der Waals surface area contributed by atoms with Crippen molar-refractivity contribution in [1.29, 1.82) is 0 Å². The van der Waals surface area contributed by atoms with E-state index in [1.807, 2.05) is 39.1 Å². The van der Waals surface area contributed by atoms with Gasteiger partial charge in [0.15, 0.2) is 0 Å². The first-order chi connectivity index (χ1) is 16.7. The molecule has 1 fully saturated rings. The zero-order valence-corrected chi connectivity index (χ0v) is 20.7. The number of amides is 1. The number of benzene rings is 2. The molecule has 0 aliphatic carbocycles. The summed E-state index contributed by atoms with van der Waals surface area (Å²) in [7, 11) is -2.05. The van der Waals surface area contributed by atoms with E-state index in [0.29, 0.717) is 24.3 Å². The van der Waals surface area contributed by atoms with Crippen molar-refractivity contribution in [3.8, 4) is 17.1 Å². The van der Waals surface area contributed by atoms with Crippen LogP contribution in [0.3, 0.4) is 0 Å². The number of likely N-dealkylation sites (N-methyl/N-ethyl adjacent to an activating group) is 1. The predicted octanol–water partition coefficient (Wildman–Crippen LogP) is 2.71. The molecular weight excluding hydrogens is 466 g/mol. The maximum absolute atomic E-state index is 13.4. The SMILES string of the molecule is Cc1cccc(C)c1-c1cc2nc(n1)NS(=O)(=O)c1cccc(c1)C(=O)N1CCN(C)CC1CO2. The molecule has 4 bridgehead atoms. The van der Waals surface area contributed by atoms with Gasteiger partial charge in [-0.3, -0.25) is 4.79 Å². The number of carbonyl (C=O) groups excluding carboxylic acids is 1. The Kier molecular flexibility index (Phi) is 5.94. The van der Waals surface area contributed by atoms with E-state index in [0.717, 1.165) is 23.2 Å². The summed E-state index contributed by atoms with van der Waals surface area (Å²) in [6, 6.07) is 13.5. The van der Waals surface area contributed by atoms with E-state index in [-0.39, 0.29) is 35.3 Å². The third-order valence-electron chi connectivity index (χ3n) is 6.43. The van der Waals surface area contributed by atoms with E-state index in [4.69, 9.17) is 4.74 Å². The molecule has 1 N–H and O–H groups in total. The summed E-state index contributed by atoms with van der Waals surface area (Å²) in [5.74, 6) is -0.0762. The van der Waals surface area contributed by atoms with E-state index in [2.05, 4.69) is 19.6 Å². The van der Waals surface area contributed by atoms with Crippen molar-refractivity contribution in [1.82, 2.24) is 19.8 Å². The quantitative estimate of drug-likeness (QED) is 0.556. The monoisotopic (exact) mass is 493 g/mol. The molecule has 0 saturated carbocycles. The lowest BCUT2D eigenvalue weighted by atomic mass is 10.00. The van der Waals surface area contributed by atoms with Crippen LogP contribution in [0.5, 0.6) is 5.88 Å². The molecule has 2 aromatic carbocycles. The van der Waals surface area contributed by atoms with Gasteiger partial charge < -0.3 is 14.5 Å². The summed E-state index contributed by atoms with van der Waals surface area (Å²) in [6.07, 6.45) is 0. The average molecular weight is 494 g/mol. The summed E-state index contributed by atoms with van der Waals surface area (Å²) in [4.78, 5) is 26.1. The fraction of sp³-hybridized carbons (Fsp3) is 0.320. The van der Waals surface area contributed by atoms with Gasteiger partial charge in [-0.25, -0.2) is 18.1 Å². The number of fused-ring (bicyclic) bond motifs is 5. The highest BCUT2D eigenvalue weighted by Crippen LogP contribution is 2.30. The van der Waals surface area contributed by atoms with Crippen LogP contribution < -0.4 is 9.46 Å². The van der Waals surface area contributed by atoms with Gasteiger partial charge in [-0.15, -0.1) is 0 Å². The first-order valence-corrected chi connectivity index (χ1v) is 12.9. The fourth-order valence-electron chi connectivity index (χ4n) is 4.63. The topological polar surface area (TPSA) is 105 Å². The van der Waals surface area contributed by atoms with Crippen LogP contribution in [0.25, 0.3) is 11.3 Å². The highest BCUT2D eigenvalue weighted by Gasteiger charge is 2.31. The van der Waals surface area contributed by atoms with Crippen molar-refractivity contribution in [2.24, 2.45) is 0 Å². The molecule has 1 aromatic heterocycles. The number of aryl methyl sites for hydroxylation is 2. The number of aromatic nitrogens is 2. The predicted molar refractivity (Wildman–Crippen MR) is 132 cm³/mol. The molecule has 1 unspecified atom stereocenters. The Labute approximate surface area is 204 Å². The molecule has 1 amide bonds. The molecule has 5 rings (SSSR count). The molecule has 0 spiro atoms. The zero-order valence-electron chi connectivity index (χ0n) is 19.9. The third kappa shape index (κ3) is 4.59. The minimum absolute atomic E-state index is 0.0307. The Morgan fingerprint density at radius 3 is 2.54 bits per heavy atom.